The molecule has 0 unspecified atom stereocenters. The molecule has 0 radical (unpaired) electrons. The molecule has 0 saturated carbocycles. The summed E-state index contributed by atoms with van der Waals surface area (Å²) in [6.45, 7) is 35.5. The quantitative estimate of drug-likeness (QED) is 0.0162. The van der Waals surface area contributed by atoms with Gasteiger partial charge in [0.15, 0.2) is 34.9 Å². The molecule has 0 bridgehead atoms. The lowest BCUT2D eigenvalue weighted by Crippen LogP contribution is -2.22. The molecule has 2 atom stereocenters. The van der Waals surface area contributed by atoms with Crippen LogP contribution in [0.5, 0.6) is 0 Å². The van der Waals surface area contributed by atoms with Crippen molar-refractivity contribution in [3.8, 4) is 0 Å². The van der Waals surface area contributed by atoms with Gasteiger partial charge in [0.1, 0.15) is 68.0 Å². The lowest BCUT2D eigenvalue weighted by Gasteiger charge is -2.19. The molecule has 0 spiro atoms. The molecule has 0 fully saturated rings. The van der Waals surface area contributed by atoms with Gasteiger partial charge in [-0.05, 0) is 170 Å². The van der Waals surface area contributed by atoms with Gasteiger partial charge >= 0.3 is 0 Å². The Labute approximate surface area is 782 Å². The predicted molar refractivity (Wildman–Crippen MR) is 543 cm³/mol. The Bertz CT molecular complexity index is 6360. The number of fused-ring (bicyclic) bond motifs is 6. The van der Waals surface area contributed by atoms with E-state index in [0.717, 1.165) is 233 Å². The number of hydrogen-bond donors (Lipinski definition) is 9. The Balaban J connectivity index is 0.000000144. The zero-order valence-electron chi connectivity index (χ0n) is 79.8. The largest absolute Gasteiger partial charge is 0.396 e. The number of pyridine rings is 1. The lowest BCUT2D eigenvalue weighted by atomic mass is 10.1. The van der Waals surface area contributed by atoms with Gasteiger partial charge in [0.25, 0.3) is 0 Å². The Morgan fingerprint density at radius 2 is 0.594 bits per heavy atom. The number of aliphatic hydroxyl groups is 3. The molecule has 0 aliphatic carbocycles. The average molecular weight is 1800 g/mol. The molecule has 17 rings (SSSR count). The van der Waals surface area contributed by atoms with E-state index < -0.39 is 0 Å². The van der Waals surface area contributed by atoms with Crippen LogP contribution in [0.25, 0.3) is 66.2 Å². The van der Waals surface area contributed by atoms with Crippen LogP contribution in [0, 0.1) is 47.5 Å². The van der Waals surface area contributed by atoms with Crippen molar-refractivity contribution in [3.63, 3.8) is 0 Å². The fraction of sp³-hybridized carbons (Fsp3) is 0.381. The van der Waals surface area contributed by atoms with Crippen molar-refractivity contribution in [2.45, 2.75) is 212 Å². The summed E-state index contributed by atoms with van der Waals surface area (Å²) in [7, 11) is 0. The third kappa shape index (κ3) is 28.2. The number of hydrogen-bond acceptors (Lipinski definition) is 22. The molecule has 17 aromatic rings. The van der Waals surface area contributed by atoms with Crippen LogP contribution >= 0.6 is 0 Å². The highest BCUT2D eigenvalue weighted by Gasteiger charge is 2.21. The highest BCUT2D eigenvalue weighted by atomic mass is 16.3. The molecule has 0 amide bonds. The van der Waals surface area contributed by atoms with Gasteiger partial charge in [-0.25, -0.2) is 59.8 Å². The van der Waals surface area contributed by atoms with E-state index in [4.69, 9.17) is 5.11 Å². The highest BCUT2D eigenvalue weighted by molar-refractivity contribution is 5.91. The van der Waals surface area contributed by atoms with Crippen molar-refractivity contribution in [2.75, 3.05) is 77.9 Å². The third-order valence-electron chi connectivity index (χ3n) is 22.2. The van der Waals surface area contributed by atoms with E-state index in [9.17, 15) is 10.2 Å². The van der Waals surface area contributed by atoms with Crippen LogP contribution in [0.2, 0.25) is 0 Å². The summed E-state index contributed by atoms with van der Waals surface area (Å²) in [5.41, 5.74) is 18.2. The number of anilines is 6. The van der Waals surface area contributed by atoms with E-state index in [0.29, 0.717) is 31.8 Å². The highest BCUT2D eigenvalue weighted by Crippen LogP contribution is 2.31. The normalized spacial score (nSPS) is 11.6. The van der Waals surface area contributed by atoms with Crippen LogP contribution in [0.3, 0.4) is 0 Å². The van der Waals surface area contributed by atoms with Gasteiger partial charge in [-0.2, -0.15) is 0 Å². The van der Waals surface area contributed by atoms with Crippen molar-refractivity contribution in [1.29, 1.82) is 0 Å². The van der Waals surface area contributed by atoms with Crippen molar-refractivity contribution < 1.29 is 15.3 Å². The maximum Gasteiger partial charge on any atom is 0.154 e. The van der Waals surface area contributed by atoms with E-state index in [1.54, 1.807) is 6.20 Å². The number of aromatic nitrogens is 19. The number of rotatable bonds is 38. The molecule has 0 saturated heterocycles. The van der Waals surface area contributed by atoms with Crippen molar-refractivity contribution in [2.24, 2.45) is 5.92 Å². The maximum atomic E-state index is 9.33. The molecule has 28 heteroatoms. The van der Waals surface area contributed by atoms with Crippen LogP contribution in [0.4, 0.5) is 34.9 Å². The zero-order valence-corrected chi connectivity index (χ0v) is 79.8. The summed E-state index contributed by atoms with van der Waals surface area (Å²) in [6, 6.07) is 60.3. The van der Waals surface area contributed by atoms with Crippen molar-refractivity contribution in [1.82, 2.24) is 92.2 Å². The number of benzene rings is 4. The van der Waals surface area contributed by atoms with Crippen molar-refractivity contribution in [3.05, 3.63) is 282 Å². The molecule has 28 nitrogen and oxygen atoms in total. The summed E-state index contributed by atoms with van der Waals surface area (Å²) < 4.78 is 13.1. The smallest absolute Gasteiger partial charge is 0.154 e. The van der Waals surface area contributed by atoms with E-state index >= 15 is 0 Å². The SMILES string of the molecule is CCCCCNc1nc(C)nc2ccn(Cc3ccccc3)c12.CCCNc1nc(C)nc2ccn(Cc3ccccc3)c12.CCC[C@@H](CCO)Nc1nc(C)nc2ccn(CC(C)C)c12.CCC[C@@H](CCO)Nc1nc(C)nc2ccn(Cc3ccccn3)c12.CCNc1nc(C)nc2ccn(Cc3ccccc3)c12.Cc1nc(NCCCO)c2c(ccn2Cc2ccccc2)n1. The molecule has 9 N–H and O–H groups in total. The maximum absolute atomic E-state index is 9.33. The Hall–Kier alpha value is -13.6. The minimum absolute atomic E-state index is 0.166. The van der Waals surface area contributed by atoms with Gasteiger partial charge in [0, 0.05) is 134 Å². The predicted octanol–water partition coefficient (Wildman–Crippen LogP) is 20.3. The average Bonchev–Trinajstić information content (AvgIpc) is 1.69. The standard InChI is InChI=1S/C19H25N5O.C19H24N4.C17H20N4O.C17H28N4O.C17H20N4.C16H18N4/c1-3-6-15(9-12-25)23-19-18-17(21-14(2)22-19)8-11-24(18)13-16-7-4-5-10-20-16;1-3-4-8-12-20-19-18-17(21-15(2)22-19)11-13-23(18)14-16-9-6-5-7-10-16;1-13-19-15-8-10-21(12-14-6-3-2-4-7-14)16(15)17(20-13)18-9-5-11-22;1-5-6-14(8-10-22)20-17-16-15(18-13(4)19-17)7-9-21(16)11-12(2)3;1-3-10-18-17-16-15(19-13(2)20-17)9-11-21(16)12-14-7-5-4-6-8-14;1-3-17-16-15-14(18-12(2)19-16)9-10-20(15)11-13-7-5-4-6-8-13/h4-5,7-8,10-11,15,25H,3,6,9,12-13H2,1-2H3,(H,21,22,23);5-7,9-11,13H,3-4,8,12,14H2,1-2H3,(H,20,21,22);2-4,6-8,10,22H,5,9,11-12H2,1H3,(H,18,19,20);7,9,12,14,22H,5-6,8,10-11H2,1-4H3,(H,18,19,20);4-9,11H,3,10,12H2,1-2H3,(H,18,19,20);4-10H,3,11H2,1-2H3,(H,17,18,19)/t15-;;;14-;;/m0..0../s1. The molecule has 0 aliphatic heterocycles. The van der Waals surface area contributed by atoms with Gasteiger partial charge in [-0.1, -0.05) is 195 Å². The molecule has 13 heterocycles. The first kappa shape index (κ1) is 98.5. The first-order valence-corrected chi connectivity index (χ1v) is 47.2. The van der Waals surface area contributed by atoms with Gasteiger partial charge < -0.3 is 74.6 Å². The molecule has 698 valence electrons. The number of aliphatic hydroxyl groups excluding tert-OH is 3. The van der Waals surface area contributed by atoms with E-state index in [1.807, 2.05) is 127 Å². The topological polar surface area (TPSA) is 330 Å². The molecule has 0 aliphatic rings. The Morgan fingerprint density at radius 1 is 0.286 bits per heavy atom. The van der Waals surface area contributed by atoms with Crippen LogP contribution in [-0.2, 0) is 39.3 Å². The fourth-order valence-corrected chi connectivity index (χ4v) is 16.3. The van der Waals surface area contributed by atoms with Gasteiger partial charge in [0.2, 0.25) is 0 Å². The van der Waals surface area contributed by atoms with Gasteiger partial charge in [0.05, 0.1) is 45.3 Å². The Morgan fingerprint density at radius 3 is 0.902 bits per heavy atom. The van der Waals surface area contributed by atoms with Gasteiger partial charge in [-0.15, -0.1) is 0 Å². The number of nitrogens with one attached hydrogen (secondary N) is 6. The second-order valence-corrected chi connectivity index (χ2v) is 33.8. The minimum Gasteiger partial charge on any atom is -0.396 e. The minimum atomic E-state index is 0.166. The van der Waals surface area contributed by atoms with E-state index in [-0.39, 0.29) is 31.9 Å². The monoisotopic (exact) mass is 1790 g/mol. The first-order chi connectivity index (χ1) is 64.9. The summed E-state index contributed by atoms with van der Waals surface area (Å²) in [5.74, 6) is 10.6. The lowest BCUT2D eigenvalue weighted by molar-refractivity contribution is 0.276. The molecule has 13 aromatic heterocycles. The third-order valence-corrected chi connectivity index (χ3v) is 22.2. The van der Waals surface area contributed by atoms with Gasteiger partial charge in [-0.3, -0.25) is 4.98 Å². The summed E-state index contributed by atoms with van der Waals surface area (Å²) >= 11 is 0. The van der Waals surface area contributed by atoms with Crippen LogP contribution in [-0.4, -0.2) is 166 Å². The second-order valence-electron chi connectivity index (χ2n) is 33.8. The second kappa shape index (κ2) is 50.7. The number of aryl methyl sites for hydroxylation is 6. The molecular weight excluding hydrogens is 1660 g/mol. The summed E-state index contributed by atoms with van der Waals surface area (Å²) in [4.78, 5) is 59.1. The fourth-order valence-electron chi connectivity index (χ4n) is 16.3. The summed E-state index contributed by atoms with van der Waals surface area (Å²) in [5, 5.41) is 48.2. The van der Waals surface area contributed by atoms with Crippen LogP contribution < -0.4 is 31.9 Å². The molecule has 4 aromatic carbocycles. The number of unbranched alkanes of at least 4 members (excludes halogenated alkanes) is 2. The van der Waals surface area contributed by atoms with E-state index in [2.05, 4.69) is 300 Å². The zero-order chi connectivity index (χ0) is 93.8. The first-order valence-electron chi connectivity index (χ1n) is 47.2. The molecule has 133 heavy (non-hydrogen) atoms. The number of nitrogens with zero attached hydrogens (tertiary/aromatic N) is 19. The van der Waals surface area contributed by atoms with Crippen LogP contribution in [0.1, 0.15) is 182 Å². The van der Waals surface area contributed by atoms with E-state index in [1.165, 1.54) is 41.5 Å². The molecular formula is C105H135N25O3. The Kier molecular flexibility index (Phi) is 37.6. The summed E-state index contributed by atoms with van der Waals surface area (Å²) in [6.07, 6.45) is 25.2. The van der Waals surface area contributed by atoms with Crippen LogP contribution in [0.15, 0.2) is 219 Å². The van der Waals surface area contributed by atoms with Crippen molar-refractivity contribution >= 4 is 101 Å².